The van der Waals surface area contributed by atoms with Gasteiger partial charge in [0.25, 0.3) is 0 Å². The van der Waals surface area contributed by atoms with Gasteiger partial charge in [-0.3, -0.25) is 4.79 Å². The minimum atomic E-state index is -0.362. The van der Waals surface area contributed by atoms with E-state index < -0.39 is 0 Å². The predicted octanol–water partition coefficient (Wildman–Crippen LogP) is 2.07. The Morgan fingerprint density at radius 1 is 1.36 bits per heavy atom. The van der Waals surface area contributed by atoms with Crippen LogP contribution in [0.2, 0.25) is 0 Å². The number of likely N-dealkylation sites (tertiary alicyclic amines) is 1. The average molecular weight is 343 g/mol. The van der Waals surface area contributed by atoms with Crippen molar-refractivity contribution in [1.29, 1.82) is 0 Å². The molecule has 3 rings (SSSR count). The molecule has 0 spiro atoms. The lowest BCUT2D eigenvalue weighted by molar-refractivity contribution is -0.121. The van der Waals surface area contributed by atoms with Crippen LogP contribution >= 0.6 is 0 Å². The maximum atomic E-state index is 12.7. The van der Waals surface area contributed by atoms with Crippen molar-refractivity contribution >= 4 is 17.7 Å². The Morgan fingerprint density at radius 3 is 3.00 bits per heavy atom. The summed E-state index contributed by atoms with van der Waals surface area (Å²) in [5, 5.41) is 7.08. The van der Waals surface area contributed by atoms with E-state index >= 15 is 0 Å². The van der Waals surface area contributed by atoms with Gasteiger partial charge in [-0.1, -0.05) is 0 Å². The molecule has 2 aromatic rings. The number of hydrogen-bond donors (Lipinski definition) is 1. The fraction of sp³-hybridized carbons (Fsp3) is 0.412. The van der Waals surface area contributed by atoms with Crippen LogP contribution in [0.15, 0.2) is 36.8 Å². The first-order valence-electron chi connectivity index (χ1n) is 8.36. The number of anilines is 1. The lowest BCUT2D eigenvalue weighted by Gasteiger charge is -2.31. The summed E-state index contributed by atoms with van der Waals surface area (Å²) in [6.07, 6.45) is 6.21. The van der Waals surface area contributed by atoms with Crippen LogP contribution < -0.4 is 5.32 Å². The summed E-state index contributed by atoms with van der Waals surface area (Å²) in [5.74, 6) is 0.151. The van der Waals surface area contributed by atoms with Crippen molar-refractivity contribution in [3.05, 3.63) is 36.8 Å². The Balaban J connectivity index is 1.69. The van der Waals surface area contributed by atoms with Crippen LogP contribution in [0.1, 0.15) is 19.8 Å². The summed E-state index contributed by atoms with van der Waals surface area (Å²) in [6, 6.07) is 5.33. The summed E-state index contributed by atoms with van der Waals surface area (Å²) in [6.45, 7) is 3.08. The second-order valence-corrected chi connectivity index (χ2v) is 5.80. The molecule has 8 nitrogen and oxygen atoms in total. The highest BCUT2D eigenvalue weighted by Crippen LogP contribution is 2.21. The molecule has 25 heavy (non-hydrogen) atoms. The largest absolute Gasteiger partial charge is 0.450 e. The topological polar surface area (TPSA) is 89.4 Å². The van der Waals surface area contributed by atoms with Crippen LogP contribution in [0.25, 0.3) is 5.82 Å². The van der Waals surface area contributed by atoms with E-state index in [9.17, 15) is 9.59 Å². The van der Waals surface area contributed by atoms with Gasteiger partial charge in [-0.2, -0.15) is 5.10 Å². The Hall–Kier alpha value is -2.90. The molecule has 0 bridgehead atoms. The first kappa shape index (κ1) is 16.9. The second-order valence-electron chi connectivity index (χ2n) is 5.80. The van der Waals surface area contributed by atoms with Crippen LogP contribution in [0.5, 0.6) is 0 Å². The van der Waals surface area contributed by atoms with E-state index in [1.807, 2.05) is 0 Å². The number of hydrogen-bond acceptors (Lipinski definition) is 5. The predicted molar refractivity (Wildman–Crippen MR) is 91.3 cm³/mol. The van der Waals surface area contributed by atoms with E-state index in [0.29, 0.717) is 31.2 Å². The smallest absolute Gasteiger partial charge is 0.409 e. The third-order valence-corrected chi connectivity index (χ3v) is 4.08. The summed E-state index contributed by atoms with van der Waals surface area (Å²) in [7, 11) is 0. The third kappa shape index (κ3) is 3.96. The van der Waals surface area contributed by atoms with Crippen molar-refractivity contribution in [2.75, 3.05) is 25.0 Å². The molecule has 0 saturated carbocycles. The molecule has 0 aromatic carbocycles. The van der Waals surface area contributed by atoms with E-state index in [2.05, 4.69) is 15.4 Å². The maximum absolute atomic E-state index is 12.7. The molecule has 1 fully saturated rings. The molecule has 1 saturated heterocycles. The lowest BCUT2D eigenvalue weighted by Crippen LogP contribution is -2.44. The van der Waals surface area contributed by atoms with E-state index in [0.717, 1.165) is 12.8 Å². The summed E-state index contributed by atoms with van der Waals surface area (Å²) >= 11 is 0. The van der Waals surface area contributed by atoms with Gasteiger partial charge in [0.05, 0.1) is 18.2 Å². The van der Waals surface area contributed by atoms with Crippen molar-refractivity contribution in [3.8, 4) is 5.82 Å². The molecule has 1 atom stereocenters. The SMILES string of the molecule is CCOC(=O)N1CCC[C@@H](C(=O)Nc2cccnc2-n2cccn2)C1. The number of ether oxygens (including phenoxy) is 1. The second kappa shape index (κ2) is 7.78. The van der Waals surface area contributed by atoms with Crippen molar-refractivity contribution in [1.82, 2.24) is 19.7 Å². The zero-order valence-corrected chi connectivity index (χ0v) is 14.1. The molecule has 0 aliphatic carbocycles. The number of nitrogens with one attached hydrogen (secondary N) is 1. The number of amides is 2. The Labute approximate surface area is 145 Å². The lowest BCUT2D eigenvalue weighted by atomic mass is 9.97. The minimum Gasteiger partial charge on any atom is -0.450 e. The van der Waals surface area contributed by atoms with Crippen molar-refractivity contribution in [2.24, 2.45) is 5.92 Å². The fourth-order valence-electron chi connectivity index (χ4n) is 2.88. The van der Waals surface area contributed by atoms with Gasteiger partial charge >= 0.3 is 6.09 Å². The van der Waals surface area contributed by atoms with Gasteiger partial charge in [0.2, 0.25) is 5.91 Å². The highest BCUT2D eigenvalue weighted by atomic mass is 16.6. The van der Waals surface area contributed by atoms with Crippen LogP contribution in [0.3, 0.4) is 0 Å². The number of carbonyl (C=O) groups is 2. The van der Waals surface area contributed by atoms with Crippen LogP contribution in [-0.4, -0.2) is 51.4 Å². The number of pyridine rings is 1. The van der Waals surface area contributed by atoms with Crippen molar-refractivity contribution in [3.63, 3.8) is 0 Å². The number of nitrogens with zero attached hydrogens (tertiary/aromatic N) is 4. The van der Waals surface area contributed by atoms with Crippen molar-refractivity contribution in [2.45, 2.75) is 19.8 Å². The van der Waals surface area contributed by atoms with Gasteiger partial charge in [-0.15, -0.1) is 0 Å². The maximum Gasteiger partial charge on any atom is 0.409 e. The summed E-state index contributed by atoms with van der Waals surface area (Å²) < 4.78 is 6.63. The molecule has 2 amide bonds. The molecule has 8 heteroatoms. The average Bonchev–Trinajstić information content (AvgIpc) is 3.17. The molecule has 132 valence electrons. The van der Waals surface area contributed by atoms with Gasteiger partial charge in [-0.05, 0) is 38.0 Å². The number of rotatable bonds is 4. The van der Waals surface area contributed by atoms with E-state index in [1.54, 1.807) is 53.3 Å². The number of aromatic nitrogens is 3. The molecule has 1 aliphatic heterocycles. The quantitative estimate of drug-likeness (QED) is 0.918. The van der Waals surface area contributed by atoms with Gasteiger partial charge in [-0.25, -0.2) is 14.5 Å². The Bertz CT molecular complexity index is 732. The van der Waals surface area contributed by atoms with Crippen LogP contribution in [0, 0.1) is 5.92 Å². The third-order valence-electron chi connectivity index (χ3n) is 4.08. The van der Waals surface area contributed by atoms with Gasteiger partial charge in [0.15, 0.2) is 5.82 Å². The number of piperidine rings is 1. The molecule has 3 heterocycles. The number of carbonyl (C=O) groups excluding carboxylic acids is 2. The molecular formula is C17H21N5O3. The summed E-state index contributed by atoms with van der Waals surface area (Å²) in [4.78, 5) is 30.4. The standard InChI is InChI=1S/C17H21N5O3/c1-2-25-17(24)21-10-4-6-13(12-21)16(23)20-14-7-3-8-18-15(14)22-11-5-9-19-22/h3,5,7-9,11,13H,2,4,6,10,12H2,1H3,(H,20,23)/t13-/m1/s1. The molecule has 1 aliphatic rings. The van der Waals surface area contributed by atoms with E-state index in [4.69, 9.17) is 4.74 Å². The fourth-order valence-corrected chi connectivity index (χ4v) is 2.88. The molecule has 0 radical (unpaired) electrons. The monoisotopic (exact) mass is 343 g/mol. The zero-order chi connectivity index (χ0) is 17.6. The highest BCUT2D eigenvalue weighted by Gasteiger charge is 2.29. The Morgan fingerprint density at radius 2 is 2.24 bits per heavy atom. The first-order valence-corrected chi connectivity index (χ1v) is 8.36. The minimum absolute atomic E-state index is 0.129. The Kier molecular flexibility index (Phi) is 5.27. The first-order chi connectivity index (χ1) is 12.2. The van der Waals surface area contributed by atoms with Crippen LogP contribution in [0.4, 0.5) is 10.5 Å². The van der Waals surface area contributed by atoms with Gasteiger partial charge in [0, 0.05) is 31.7 Å². The van der Waals surface area contributed by atoms with E-state index in [1.165, 1.54) is 0 Å². The summed E-state index contributed by atoms with van der Waals surface area (Å²) in [5.41, 5.74) is 0.587. The molecular weight excluding hydrogens is 322 g/mol. The molecule has 0 unspecified atom stereocenters. The molecule has 2 aromatic heterocycles. The highest BCUT2D eigenvalue weighted by molar-refractivity contribution is 5.94. The normalized spacial score (nSPS) is 17.2. The van der Waals surface area contributed by atoms with E-state index in [-0.39, 0.29) is 17.9 Å². The van der Waals surface area contributed by atoms with Crippen LogP contribution in [-0.2, 0) is 9.53 Å². The van der Waals surface area contributed by atoms with Gasteiger partial charge in [0.1, 0.15) is 0 Å². The van der Waals surface area contributed by atoms with Crippen molar-refractivity contribution < 1.29 is 14.3 Å². The molecule has 1 N–H and O–H groups in total. The van der Waals surface area contributed by atoms with Gasteiger partial charge < -0.3 is 15.0 Å². The zero-order valence-electron chi connectivity index (χ0n) is 14.1.